The summed E-state index contributed by atoms with van der Waals surface area (Å²) in [5.41, 5.74) is -1.45. The van der Waals surface area contributed by atoms with Crippen LogP contribution in [0, 0.1) is 0 Å². The van der Waals surface area contributed by atoms with Crippen LogP contribution in [0.25, 0.3) is 0 Å². The molecule has 0 heterocycles. The summed E-state index contributed by atoms with van der Waals surface area (Å²) in [6.45, 7) is 1.24. The van der Waals surface area contributed by atoms with Crippen molar-refractivity contribution in [1.29, 1.82) is 0 Å². The number of hydrogen-bond donors (Lipinski definition) is 2. The fourth-order valence-corrected chi connectivity index (χ4v) is 3.26. The van der Waals surface area contributed by atoms with Crippen LogP contribution in [0.2, 0.25) is 0 Å². The summed E-state index contributed by atoms with van der Waals surface area (Å²) in [6.07, 6.45) is -4.64. The van der Waals surface area contributed by atoms with Gasteiger partial charge in [0.25, 0.3) is 0 Å². The van der Waals surface area contributed by atoms with Gasteiger partial charge >= 0.3 is 6.18 Å². The lowest BCUT2D eigenvalue weighted by Crippen LogP contribution is -2.41. The maximum absolute atomic E-state index is 12.9. The van der Waals surface area contributed by atoms with Crippen molar-refractivity contribution in [3.63, 3.8) is 0 Å². The van der Waals surface area contributed by atoms with E-state index < -0.39 is 39.4 Å². The van der Waals surface area contributed by atoms with E-state index in [0.717, 1.165) is 12.1 Å². The number of halogens is 3. The topological polar surface area (TPSA) is 75.3 Å². The van der Waals surface area contributed by atoms with Gasteiger partial charge in [0.2, 0.25) is 15.9 Å². The van der Waals surface area contributed by atoms with Gasteiger partial charge in [-0.05, 0) is 31.2 Å². The minimum atomic E-state index is -4.64. The van der Waals surface area contributed by atoms with Crippen LogP contribution < -0.4 is 10.0 Å². The van der Waals surface area contributed by atoms with E-state index in [4.69, 9.17) is 0 Å². The average molecular weight is 372 g/mol. The summed E-state index contributed by atoms with van der Waals surface area (Å²) < 4.78 is 65.2. The smallest absolute Gasteiger partial charge is 0.324 e. The van der Waals surface area contributed by atoms with Gasteiger partial charge in [-0.2, -0.15) is 17.9 Å². The molecule has 0 aromatic heterocycles. The van der Waals surface area contributed by atoms with Crippen molar-refractivity contribution >= 4 is 21.6 Å². The minimum Gasteiger partial charge on any atom is -0.324 e. The first-order valence-electron chi connectivity index (χ1n) is 7.16. The molecule has 9 heteroatoms. The number of rotatable bonds is 5. The number of hydrogen-bond acceptors (Lipinski definition) is 3. The van der Waals surface area contributed by atoms with Crippen LogP contribution >= 0.6 is 0 Å². The molecule has 2 N–H and O–H groups in total. The maximum atomic E-state index is 12.9. The van der Waals surface area contributed by atoms with Gasteiger partial charge in [-0.3, -0.25) is 4.79 Å². The molecule has 5 nitrogen and oxygen atoms in total. The molecule has 0 unspecified atom stereocenters. The molecule has 0 spiro atoms. The van der Waals surface area contributed by atoms with Gasteiger partial charge in [-0.1, -0.05) is 30.3 Å². The molecule has 0 saturated heterocycles. The normalized spacial score (nSPS) is 13.3. The lowest BCUT2D eigenvalue weighted by atomic mass is 10.1. The Hall–Kier alpha value is -2.39. The molecule has 0 saturated carbocycles. The van der Waals surface area contributed by atoms with Crippen molar-refractivity contribution in [3.05, 3.63) is 60.2 Å². The predicted molar refractivity (Wildman–Crippen MR) is 86.3 cm³/mol. The van der Waals surface area contributed by atoms with Crippen LogP contribution in [0.15, 0.2) is 59.5 Å². The summed E-state index contributed by atoms with van der Waals surface area (Å²) in [7, 11) is -3.97. The Bertz CT molecular complexity index is 852. The van der Waals surface area contributed by atoms with Gasteiger partial charge in [-0.15, -0.1) is 0 Å². The second-order valence-corrected chi connectivity index (χ2v) is 6.90. The lowest BCUT2D eigenvalue weighted by Gasteiger charge is -2.17. The zero-order valence-electron chi connectivity index (χ0n) is 13.0. The Morgan fingerprint density at radius 1 is 1.00 bits per heavy atom. The number of carbonyl (C=O) groups is 1. The number of alkyl halides is 3. The van der Waals surface area contributed by atoms with E-state index in [1.165, 1.54) is 43.3 Å². The van der Waals surface area contributed by atoms with E-state index in [-0.39, 0.29) is 4.90 Å². The Kier molecular flexibility index (Phi) is 5.48. The molecule has 1 amide bonds. The highest BCUT2D eigenvalue weighted by molar-refractivity contribution is 7.89. The summed E-state index contributed by atoms with van der Waals surface area (Å²) >= 11 is 0. The summed E-state index contributed by atoms with van der Waals surface area (Å²) in [4.78, 5) is 12.0. The Labute approximate surface area is 142 Å². The second kappa shape index (κ2) is 7.24. The van der Waals surface area contributed by atoms with Gasteiger partial charge in [0, 0.05) is 0 Å². The molecule has 2 rings (SSSR count). The molecule has 25 heavy (non-hydrogen) atoms. The number of benzene rings is 2. The highest BCUT2D eigenvalue weighted by Crippen LogP contribution is 2.34. The quantitative estimate of drug-likeness (QED) is 0.847. The third-order valence-electron chi connectivity index (χ3n) is 3.27. The van der Waals surface area contributed by atoms with Crippen molar-refractivity contribution in [3.8, 4) is 0 Å². The van der Waals surface area contributed by atoms with E-state index in [0.29, 0.717) is 0 Å². The molecule has 0 bridgehead atoms. The van der Waals surface area contributed by atoms with Crippen LogP contribution in [-0.2, 0) is 21.0 Å². The number of para-hydroxylation sites is 1. The first-order chi connectivity index (χ1) is 11.6. The van der Waals surface area contributed by atoms with Crippen LogP contribution in [0.5, 0.6) is 0 Å². The Balaban J connectivity index is 2.15. The van der Waals surface area contributed by atoms with Crippen molar-refractivity contribution in [1.82, 2.24) is 4.72 Å². The standard InChI is InChI=1S/C16H15F3N2O3S/c1-11(21-25(23,24)12-7-3-2-4-8-12)15(22)20-14-10-6-5-9-13(14)16(17,18)19/h2-11,21H,1H3,(H,20,22)/t11-/m1/s1. The second-order valence-electron chi connectivity index (χ2n) is 5.19. The van der Waals surface area contributed by atoms with Crippen molar-refractivity contribution in [2.75, 3.05) is 5.32 Å². The van der Waals surface area contributed by atoms with E-state index in [1.54, 1.807) is 6.07 Å². The third kappa shape index (κ3) is 4.80. The zero-order chi connectivity index (χ0) is 18.7. The van der Waals surface area contributed by atoms with Gasteiger partial charge in [0.15, 0.2) is 0 Å². The van der Waals surface area contributed by atoms with Crippen LogP contribution in [0.4, 0.5) is 18.9 Å². The van der Waals surface area contributed by atoms with Crippen molar-refractivity contribution < 1.29 is 26.4 Å². The van der Waals surface area contributed by atoms with Crippen LogP contribution in [0.1, 0.15) is 12.5 Å². The fourth-order valence-electron chi connectivity index (χ4n) is 2.03. The molecule has 0 fully saturated rings. The summed E-state index contributed by atoms with van der Waals surface area (Å²) in [6, 6.07) is 10.5. The molecule has 134 valence electrons. The first-order valence-corrected chi connectivity index (χ1v) is 8.64. The zero-order valence-corrected chi connectivity index (χ0v) is 13.9. The summed E-state index contributed by atoms with van der Waals surface area (Å²) in [5, 5.41) is 2.11. The third-order valence-corrected chi connectivity index (χ3v) is 4.83. The average Bonchev–Trinajstić information content (AvgIpc) is 2.54. The molecule has 1 atom stereocenters. The van der Waals surface area contributed by atoms with E-state index in [2.05, 4.69) is 10.0 Å². The molecular formula is C16H15F3N2O3S. The van der Waals surface area contributed by atoms with E-state index >= 15 is 0 Å². The Morgan fingerprint density at radius 3 is 2.16 bits per heavy atom. The summed E-state index contributed by atoms with van der Waals surface area (Å²) in [5.74, 6) is -0.906. The number of nitrogens with one attached hydrogen (secondary N) is 2. The SMILES string of the molecule is C[C@@H](NS(=O)(=O)c1ccccc1)C(=O)Nc1ccccc1C(F)(F)F. The molecule has 0 aliphatic rings. The highest BCUT2D eigenvalue weighted by Gasteiger charge is 2.34. The lowest BCUT2D eigenvalue weighted by molar-refractivity contribution is -0.137. The van der Waals surface area contributed by atoms with Crippen LogP contribution in [0.3, 0.4) is 0 Å². The van der Waals surface area contributed by atoms with Gasteiger partial charge in [0.1, 0.15) is 0 Å². The largest absolute Gasteiger partial charge is 0.418 e. The maximum Gasteiger partial charge on any atom is 0.418 e. The number of carbonyl (C=O) groups excluding carboxylic acids is 1. The first kappa shape index (κ1) is 18.9. The van der Waals surface area contributed by atoms with Crippen molar-refractivity contribution in [2.24, 2.45) is 0 Å². The number of amides is 1. The number of anilines is 1. The van der Waals surface area contributed by atoms with Gasteiger partial charge < -0.3 is 5.32 Å². The fraction of sp³-hybridized carbons (Fsp3) is 0.188. The van der Waals surface area contributed by atoms with E-state index in [1.807, 2.05) is 0 Å². The minimum absolute atomic E-state index is 0.0506. The molecule has 0 aliphatic heterocycles. The molecular weight excluding hydrogens is 357 g/mol. The van der Waals surface area contributed by atoms with Crippen molar-refractivity contribution in [2.45, 2.75) is 24.0 Å². The van der Waals surface area contributed by atoms with Gasteiger partial charge in [0.05, 0.1) is 22.2 Å². The monoisotopic (exact) mass is 372 g/mol. The number of sulfonamides is 1. The predicted octanol–water partition coefficient (Wildman–Crippen LogP) is 3.01. The Morgan fingerprint density at radius 2 is 1.56 bits per heavy atom. The van der Waals surface area contributed by atoms with Crippen LogP contribution in [-0.4, -0.2) is 20.4 Å². The molecule has 2 aromatic rings. The van der Waals surface area contributed by atoms with E-state index in [9.17, 15) is 26.4 Å². The van der Waals surface area contributed by atoms with Gasteiger partial charge in [-0.25, -0.2) is 8.42 Å². The molecule has 0 radical (unpaired) electrons. The molecule has 0 aliphatic carbocycles. The highest BCUT2D eigenvalue weighted by atomic mass is 32.2. The molecule has 2 aromatic carbocycles.